The van der Waals surface area contributed by atoms with Crippen molar-refractivity contribution in [2.24, 2.45) is 0 Å². The van der Waals surface area contributed by atoms with Crippen LogP contribution in [0.5, 0.6) is 0 Å². The van der Waals surface area contributed by atoms with Gasteiger partial charge in [0.2, 0.25) is 0 Å². The lowest BCUT2D eigenvalue weighted by atomic mass is 10.3. The number of nitrogens with zero attached hydrogens (tertiary/aromatic N) is 1. The molecular weight excluding hydrogens is 270 g/mol. The van der Waals surface area contributed by atoms with Crippen molar-refractivity contribution in [2.45, 2.75) is 32.0 Å². The summed E-state index contributed by atoms with van der Waals surface area (Å²) in [6, 6.07) is 7.16. The van der Waals surface area contributed by atoms with Gasteiger partial charge in [0.05, 0.1) is 4.34 Å². The predicted molar refractivity (Wildman–Crippen MR) is 75.9 cm³/mol. The fourth-order valence-electron chi connectivity index (χ4n) is 2.01. The Balaban J connectivity index is 1.68. The molecule has 1 fully saturated rings. The van der Waals surface area contributed by atoms with E-state index in [1.807, 2.05) is 6.07 Å². The third-order valence-electron chi connectivity index (χ3n) is 3.02. The van der Waals surface area contributed by atoms with Crippen LogP contribution in [0.3, 0.4) is 0 Å². The van der Waals surface area contributed by atoms with Crippen LogP contribution in [0.4, 0.5) is 0 Å². The van der Waals surface area contributed by atoms with Crippen molar-refractivity contribution in [3.8, 4) is 0 Å². The Hall–Kier alpha value is -0.350. The van der Waals surface area contributed by atoms with Gasteiger partial charge in [0.1, 0.15) is 0 Å². The van der Waals surface area contributed by atoms with Crippen molar-refractivity contribution in [3.63, 3.8) is 0 Å². The average Bonchev–Trinajstić information content (AvgIpc) is 2.89. The van der Waals surface area contributed by atoms with E-state index in [1.54, 1.807) is 22.7 Å². The average molecular weight is 284 g/mol. The fourth-order valence-corrected chi connectivity index (χ4v) is 3.78. The zero-order valence-corrected chi connectivity index (χ0v) is 11.8. The van der Waals surface area contributed by atoms with Crippen LogP contribution in [0.15, 0.2) is 29.0 Å². The van der Waals surface area contributed by atoms with Gasteiger partial charge in [-0.25, -0.2) is 0 Å². The topological polar surface area (TPSA) is 3.24 Å². The monoisotopic (exact) mass is 283 g/mol. The normalized spacial score (nSPS) is 15.6. The molecule has 0 saturated heterocycles. The van der Waals surface area contributed by atoms with Crippen molar-refractivity contribution < 1.29 is 0 Å². The lowest BCUT2D eigenvalue weighted by molar-refractivity contribution is 0.248. The van der Waals surface area contributed by atoms with E-state index in [-0.39, 0.29) is 0 Å². The summed E-state index contributed by atoms with van der Waals surface area (Å²) in [6.07, 6.45) is 2.70. The van der Waals surface area contributed by atoms with Gasteiger partial charge in [-0.3, -0.25) is 4.90 Å². The van der Waals surface area contributed by atoms with Gasteiger partial charge in [0.25, 0.3) is 0 Å². The SMILES string of the molecule is Clc1ccc(CN(Cc2ccsc2)C2CC2)s1. The van der Waals surface area contributed by atoms with E-state index >= 15 is 0 Å². The van der Waals surface area contributed by atoms with Crippen molar-refractivity contribution in [1.29, 1.82) is 0 Å². The zero-order valence-electron chi connectivity index (χ0n) is 9.43. The number of rotatable bonds is 5. The number of thiophene rings is 2. The molecule has 1 nitrogen and oxygen atoms in total. The molecule has 0 aromatic carbocycles. The van der Waals surface area contributed by atoms with Crippen LogP contribution in [-0.2, 0) is 13.1 Å². The van der Waals surface area contributed by atoms with Gasteiger partial charge in [0.15, 0.2) is 0 Å². The first-order chi connectivity index (χ1) is 8.31. The third-order valence-corrected chi connectivity index (χ3v) is 4.96. The molecule has 1 saturated carbocycles. The second kappa shape index (κ2) is 5.11. The van der Waals surface area contributed by atoms with Crippen LogP contribution in [0, 0.1) is 0 Å². The van der Waals surface area contributed by atoms with Crippen LogP contribution in [-0.4, -0.2) is 10.9 Å². The van der Waals surface area contributed by atoms with Gasteiger partial charge in [-0.05, 0) is 47.4 Å². The van der Waals surface area contributed by atoms with E-state index in [0.717, 1.165) is 23.5 Å². The minimum atomic E-state index is 0.788. The largest absolute Gasteiger partial charge is 0.291 e. The van der Waals surface area contributed by atoms with E-state index in [1.165, 1.54) is 23.3 Å². The second-order valence-corrected chi connectivity index (χ2v) is 7.05. The van der Waals surface area contributed by atoms with Crippen LogP contribution >= 0.6 is 34.3 Å². The van der Waals surface area contributed by atoms with Crippen molar-refractivity contribution in [3.05, 3.63) is 43.7 Å². The van der Waals surface area contributed by atoms with Crippen LogP contribution < -0.4 is 0 Å². The summed E-state index contributed by atoms with van der Waals surface area (Å²) in [5, 5.41) is 4.40. The van der Waals surface area contributed by atoms with Gasteiger partial charge in [-0.15, -0.1) is 11.3 Å². The molecule has 4 heteroatoms. The summed E-state index contributed by atoms with van der Waals surface area (Å²) < 4.78 is 0.895. The van der Waals surface area contributed by atoms with E-state index < -0.39 is 0 Å². The van der Waals surface area contributed by atoms with Crippen molar-refractivity contribution in [1.82, 2.24) is 4.90 Å². The third kappa shape index (κ3) is 3.10. The summed E-state index contributed by atoms with van der Waals surface area (Å²) in [5.74, 6) is 0. The Morgan fingerprint density at radius 3 is 2.71 bits per heavy atom. The Morgan fingerprint density at radius 1 is 1.24 bits per heavy atom. The van der Waals surface area contributed by atoms with Crippen molar-refractivity contribution in [2.75, 3.05) is 0 Å². The second-order valence-electron chi connectivity index (χ2n) is 4.47. The Morgan fingerprint density at radius 2 is 2.12 bits per heavy atom. The Labute approximate surface area is 115 Å². The lowest BCUT2D eigenvalue weighted by Crippen LogP contribution is -2.24. The minimum absolute atomic E-state index is 0.788. The maximum absolute atomic E-state index is 5.98. The molecule has 2 aromatic heterocycles. The highest BCUT2D eigenvalue weighted by molar-refractivity contribution is 7.16. The molecule has 0 atom stereocenters. The van der Waals surface area contributed by atoms with E-state index in [9.17, 15) is 0 Å². The molecule has 1 aliphatic carbocycles. The van der Waals surface area contributed by atoms with Gasteiger partial charge in [-0.1, -0.05) is 11.6 Å². The van der Waals surface area contributed by atoms with Crippen LogP contribution in [0.1, 0.15) is 23.3 Å². The summed E-state index contributed by atoms with van der Waals surface area (Å²) in [4.78, 5) is 3.95. The summed E-state index contributed by atoms with van der Waals surface area (Å²) in [5.41, 5.74) is 1.43. The van der Waals surface area contributed by atoms with Gasteiger partial charge >= 0.3 is 0 Å². The molecule has 90 valence electrons. The highest BCUT2D eigenvalue weighted by Crippen LogP contribution is 2.32. The smallest absolute Gasteiger partial charge is 0.0931 e. The molecule has 0 bridgehead atoms. The molecule has 1 aliphatic rings. The molecule has 2 aromatic rings. The standard InChI is InChI=1S/C13H14ClNS2/c14-13-4-3-12(17-13)8-15(11-1-2-11)7-10-5-6-16-9-10/h3-6,9,11H,1-2,7-8H2. The van der Waals surface area contributed by atoms with Crippen molar-refractivity contribution >= 4 is 34.3 Å². The van der Waals surface area contributed by atoms with Gasteiger partial charge < -0.3 is 0 Å². The minimum Gasteiger partial charge on any atom is -0.291 e. The first-order valence-corrected chi connectivity index (χ1v) is 7.94. The molecule has 0 unspecified atom stereocenters. The lowest BCUT2D eigenvalue weighted by Gasteiger charge is -2.20. The maximum Gasteiger partial charge on any atom is 0.0931 e. The highest BCUT2D eigenvalue weighted by atomic mass is 35.5. The van der Waals surface area contributed by atoms with E-state index in [4.69, 9.17) is 11.6 Å². The Bertz CT molecular complexity index is 473. The van der Waals surface area contributed by atoms with Crippen LogP contribution in [0.2, 0.25) is 4.34 Å². The predicted octanol–water partition coefficient (Wildman–Crippen LogP) is 4.63. The fraction of sp³-hybridized carbons (Fsp3) is 0.385. The molecule has 17 heavy (non-hydrogen) atoms. The number of hydrogen-bond donors (Lipinski definition) is 0. The molecule has 0 radical (unpaired) electrons. The first-order valence-electron chi connectivity index (χ1n) is 5.80. The number of halogens is 1. The van der Waals surface area contributed by atoms with E-state index in [2.05, 4.69) is 27.8 Å². The van der Waals surface area contributed by atoms with Gasteiger partial charge in [-0.2, -0.15) is 11.3 Å². The molecule has 3 rings (SSSR count). The summed E-state index contributed by atoms with van der Waals surface area (Å²) in [7, 11) is 0. The highest BCUT2D eigenvalue weighted by Gasteiger charge is 2.29. The molecule has 0 amide bonds. The molecule has 2 heterocycles. The molecular formula is C13H14ClNS2. The summed E-state index contributed by atoms with van der Waals surface area (Å²) >= 11 is 9.46. The summed E-state index contributed by atoms with van der Waals surface area (Å²) in [6.45, 7) is 2.11. The quantitative estimate of drug-likeness (QED) is 0.773. The maximum atomic E-state index is 5.98. The van der Waals surface area contributed by atoms with Crippen LogP contribution in [0.25, 0.3) is 0 Å². The first kappa shape index (κ1) is 11.7. The Kier molecular flexibility index (Phi) is 3.52. The molecule has 0 aliphatic heterocycles. The molecule has 0 spiro atoms. The van der Waals surface area contributed by atoms with Gasteiger partial charge in [0, 0.05) is 24.0 Å². The zero-order chi connectivity index (χ0) is 11.7. The number of hydrogen-bond acceptors (Lipinski definition) is 3. The molecule has 0 N–H and O–H groups in total. The van der Waals surface area contributed by atoms with E-state index in [0.29, 0.717) is 0 Å².